The summed E-state index contributed by atoms with van der Waals surface area (Å²) in [6, 6.07) is 5.88. The highest BCUT2D eigenvalue weighted by Gasteiger charge is 2.50. The zero-order valence-electron chi connectivity index (χ0n) is 12.1. The molecule has 1 N–H and O–H groups in total. The molecule has 3 atom stereocenters. The van der Waals surface area contributed by atoms with Gasteiger partial charge in [-0.3, -0.25) is 0 Å². The lowest BCUT2D eigenvalue weighted by Gasteiger charge is -2.45. The average Bonchev–Trinajstić information content (AvgIpc) is 2.91. The predicted molar refractivity (Wildman–Crippen MR) is 79.6 cm³/mol. The van der Waals surface area contributed by atoms with Crippen LogP contribution in [-0.2, 0) is 11.2 Å². The Labute approximate surface area is 120 Å². The molecule has 2 nitrogen and oxygen atoms in total. The largest absolute Gasteiger partial charge is 0.508 e. The Morgan fingerprint density at radius 3 is 3.05 bits per heavy atom. The van der Waals surface area contributed by atoms with Crippen LogP contribution in [-0.4, -0.2) is 17.8 Å². The van der Waals surface area contributed by atoms with E-state index in [9.17, 15) is 5.11 Å². The summed E-state index contributed by atoms with van der Waals surface area (Å²) in [5.74, 6) is 1.74. The van der Waals surface area contributed by atoms with Gasteiger partial charge in [-0.05, 0) is 72.8 Å². The number of ether oxygens (including phenoxy) is 1. The van der Waals surface area contributed by atoms with E-state index < -0.39 is 0 Å². The van der Waals surface area contributed by atoms with Crippen molar-refractivity contribution in [2.75, 3.05) is 7.11 Å². The summed E-state index contributed by atoms with van der Waals surface area (Å²) in [7, 11) is 1.89. The van der Waals surface area contributed by atoms with Gasteiger partial charge in [0, 0.05) is 7.11 Å². The van der Waals surface area contributed by atoms with Crippen molar-refractivity contribution >= 4 is 5.57 Å². The summed E-state index contributed by atoms with van der Waals surface area (Å²) in [4.78, 5) is 0. The van der Waals surface area contributed by atoms with Gasteiger partial charge in [0.1, 0.15) is 5.75 Å². The number of allylic oxidation sites excluding steroid dienone is 1. The number of hydrogen-bond donors (Lipinski definition) is 1. The van der Waals surface area contributed by atoms with Crippen molar-refractivity contribution in [2.45, 2.75) is 44.1 Å². The number of methoxy groups -OCH3 is 1. The van der Waals surface area contributed by atoms with Gasteiger partial charge in [0.25, 0.3) is 0 Å². The van der Waals surface area contributed by atoms with Gasteiger partial charge in [-0.15, -0.1) is 0 Å². The van der Waals surface area contributed by atoms with Crippen LogP contribution in [0.15, 0.2) is 24.3 Å². The Morgan fingerprint density at radius 2 is 2.20 bits per heavy atom. The Hall–Kier alpha value is -1.28. The number of benzene rings is 1. The molecule has 0 saturated heterocycles. The minimum Gasteiger partial charge on any atom is -0.508 e. The van der Waals surface area contributed by atoms with Crippen molar-refractivity contribution < 1.29 is 9.84 Å². The number of rotatable bonds is 1. The predicted octanol–water partition coefficient (Wildman–Crippen LogP) is 3.93. The molecule has 1 aromatic rings. The first kappa shape index (κ1) is 12.5. The van der Waals surface area contributed by atoms with E-state index in [0.717, 1.165) is 12.8 Å². The molecular formula is C18H22O2. The summed E-state index contributed by atoms with van der Waals surface area (Å²) in [6.07, 6.45) is 9.60. The number of phenols is 1. The van der Waals surface area contributed by atoms with Gasteiger partial charge in [-0.25, -0.2) is 0 Å². The van der Waals surface area contributed by atoms with Crippen molar-refractivity contribution in [3.05, 3.63) is 35.4 Å². The second-order valence-corrected chi connectivity index (χ2v) is 6.62. The van der Waals surface area contributed by atoms with Crippen molar-refractivity contribution in [1.29, 1.82) is 0 Å². The van der Waals surface area contributed by atoms with E-state index in [1.165, 1.54) is 42.4 Å². The van der Waals surface area contributed by atoms with Crippen molar-refractivity contribution in [3.8, 4) is 5.75 Å². The quantitative estimate of drug-likeness (QED) is 0.838. The Kier molecular flexibility index (Phi) is 2.71. The van der Waals surface area contributed by atoms with Gasteiger partial charge in [0.15, 0.2) is 0 Å². The minimum atomic E-state index is 0.114. The van der Waals surface area contributed by atoms with E-state index in [1.54, 1.807) is 0 Å². The number of hydrogen-bond acceptors (Lipinski definition) is 2. The topological polar surface area (TPSA) is 29.5 Å². The zero-order chi connectivity index (χ0) is 13.7. The molecule has 1 saturated carbocycles. The first-order chi connectivity index (χ1) is 9.73. The molecule has 0 amide bonds. The van der Waals surface area contributed by atoms with E-state index in [-0.39, 0.29) is 5.60 Å². The minimum absolute atomic E-state index is 0.114. The molecule has 0 aromatic heterocycles. The molecule has 20 heavy (non-hydrogen) atoms. The highest BCUT2D eigenvalue weighted by Crippen LogP contribution is 2.55. The molecule has 0 aliphatic heterocycles. The van der Waals surface area contributed by atoms with Crippen molar-refractivity contribution in [2.24, 2.45) is 11.8 Å². The van der Waals surface area contributed by atoms with Crippen LogP contribution in [0.2, 0.25) is 0 Å². The third-order valence-corrected chi connectivity index (χ3v) is 5.87. The highest BCUT2D eigenvalue weighted by molar-refractivity contribution is 5.73. The van der Waals surface area contributed by atoms with E-state index in [2.05, 4.69) is 12.1 Å². The summed E-state index contributed by atoms with van der Waals surface area (Å²) in [6.45, 7) is 0. The first-order valence-corrected chi connectivity index (χ1v) is 7.81. The maximum absolute atomic E-state index is 9.67. The molecule has 106 valence electrons. The molecule has 1 aromatic carbocycles. The van der Waals surface area contributed by atoms with Gasteiger partial charge in [0.05, 0.1) is 5.60 Å². The molecule has 0 radical (unpaired) electrons. The van der Waals surface area contributed by atoms with Crippen LogP contribution >= 0.6 is 0 Å². The van der Waals surface area contributed by atoms with Crippen molar-refractivity contribution in [1.82, 2.24) is 0 Å². The Balaban J connectivity index is 1.79. The lowest BCUT2D eigenvalue weighted by atomic mass is 9.64. The lowest BCUT2D eigenvalue weighted by Crippen LogP contribution is -2.43. The fourth-order valence-electron chi connectivity index (χ4n) is 4.92. The number of phenolic OH excluding ortho intramolecular Hbond substituents is 1. The van der Waals surface area contributed by atoms with Crippen LogP contribution in [0.1, 0.15) is 43.2 Å². The fourth-order valence-corrected chi connectivity index (χ4v) is 4.92. The van der Waals surface area contributed by atoms with Crippen molar-refractivity contribution in [3.63, 3.8) is 0 Å². The van der Waals surface area contributed by atoms with Gasteiger partial charge in [-0.2, -0.15) is 0 Å². The SMILES string of the molecule is CO[C@]12CC=C3c4ccc(O)cc4CCC3[C@@H]1CCC2. The molecule has 1 unspecified atom stereocenters. The Bertz CT molecular complexity index is 575. The van der Waals surface area contributed by atoms with E-state index >= 15 is 0 Å². The molecule has 4 rings (SSSR count). The second-order valence-electron chi connectivity index (χ2n) is 6.62. The first-order valence-electron chi connectivity index (χ1n) is 7.81. The van der Waals surface area contributed by atoms with Gasteiger partial charge in [0.2, 0.25) is 0 Å². The maximum Gasteiger partial charge on any atom is 0.115 e. The average molecular weight is 270 g/mol. The smallest absolute Gasteiger partial charge is 0.115 e. The van der Waals surface area contributed by atoms with Crippen LogP contribution in [0, 0.1) is 11.8 Å². The molecule has 3 aliphatic carbocycles. The third-order valence-electron chi connectivity index (χ3n) is 5.87. The number of aryl methyl sites for hydroxylation is 1. The molecule has 0 heterocycles. The second kappa shape index (κ2) is 4.36. The van der Waals surface area contributed by atoms with E-state index in [1.807, 2.05) is 19.2 Å². The fraction of sp³-hybridized carbons (Fsp3) is 0.556. The van der Waals surface area contributed by atoms with E-state index in [4.69, 9.17) is 4.74 Å². The monoisotopic (exact) mass is 270 g/mol. The Morgan fingerprint density at radius 1 is 1.30 bits per heavy atom. The maximum atomic E-state index is 9.67. The van der Waals surface area contributed by atoms with Crippen LogP contribution in [0.5, 0.6) is 5.75 Å². The number of aromatic hydroxyl groups is 1. The lowest BCUT2D eigenvalue weighted by molar-refractivity contribution is -0.0552. The zero-order valence-corrected chi connectivity index (χ0v) is 12.1. The summed E-state index contributed by atoms with van der Waals surface area (Å²) < 4.78 is 5.97. The van der Waals surface area contributed by atoms with Crippen LogP contribution in [0.25, 0.3) is 5.57 Å². The molecule has 1 fully saturated rings. The van der Waals surface area contributed by atoms with Gasteiger partial charge >= 0.3 is 0 Å². The molecule has 0 bridgehead atoms. The molecule has 2 heteroatoms. The van der Waals surface area contributed by atoms with E-state index in [0.29, 0.717) is 17.6 Å². The normalized spacial score (nSPS) is 35.0. The van der Waals surface area contributed by atoms with Gasteiger partial charge in [-0.1, -0.05) is 18.6 Å². The van der Waals surface area contributed by atoms with Crippen LogP contribution in [0.4, 0.5) is 0 Å². The summed E-state index contributed by atoms with van der Waals surface area (Å²) >= 11 is 0. The van der Waals surface area contributed by atoms with Crippen LogP contribution in [0.3, 0.4) is 0 Å². The third kappa shape index (κ3) is 1.61. The number of fused-ring (bicyclic) bond motifs is 5. The van der Waals surface area contributed by atoms with Gasteiger partial charge < -0.3 is 9.84 Å². The molecule has 3 aliphatic rings. The molecular weight excluding hydrogens is 248 g/mol. The molecule has 0 spiro atoms. The van der Waals surface area contributed by atoms with Crippen LogP contribution < -0.4 is 0 Å². The summed E-state index contributed by atoms with van der Waals surface area (Å²) in [5, 5.41) is 9.67. The highest BCUT2D eigenvalue weighted by atomic mass is 16.5. The standard InChI is InChI=1S/C18H22O2/c1-20-18-9-2-3-17(18)16-6-4-12-11-13(19)5-7-14(12)15(16)8-10-18/h5,7-8,11,16-17,19H,2-4,6,9-10H2,1H3/t16?,17-,18+/m0/s1. The summed E-state index contributed by atoms with van der Waals surface area (Å²) in [5.41, 5.74) is 4.32.